The number of hydrogen-bond donors (Lipinski definition) is 1. The molecule has 0 aromatic carbocycles. The van der Waals surface area contributed by atoms with E-state index in [1.807, 2.05) is 5.38 Å². The van der Waals surface area contributed by atoms with Crippen LogP contribution in [0.4, 0.5) is 0 Å². The average molecular weight is 312 g/mol. The van der Waals surface area contributed by atoms with Crippen molar-refractivity contribution in [3.05, 3.63) is 45.0 Å². The number of amides is 1. The Balaban J connectivity index is 1.97. The van der Waals surface area contributed by atoms with Crippen molar-refractivity contribution in [3.63, 3.8) is 0 Å². The van der Waals surface area contributed by atoms with E-state index in [1.54, 1.807) is 6.07 Å². The lowest BCUT2D eigenvalue weighted by Gasteiger charge is -2.32. The predicted molar refractivity (Wildman–Crippen MR) is 73.2 cm³/mol. The topological polar surface area (TPSA) is 70.8 Å². The van der Waals surface area contributed by atoms with Crippen molar-refractivity contribution in [2.75, 3.05) is 6.54 Å². The highest BCUT2D eigenvalue weighted by molar-refractivity contribution is 7.10. The molecule has 3 heterocycles. The van der Waals surface area contributed by atoms with Gasteiger partial charge in [0.1, 0.15) is 0 Å². The molecule has 7 heteroatoms. The summed E-state index contributed by atoms with van der Waals surface area (Å²) in [5, 5.41) is 11.4. The molecule has 1 amide bonds. The third kappa shape index (κ3) is 2.10. The lowest BCUT2D eigenvalue weighted by molar-refractivity contribution is -0.143. The second-order valence-electron chi connectivity index (χ2n) is 4.39. The van der Waals surface area contributed by atoms with E-state index in [9.17, 15) is 14.7 Å². The van der Waals surface area contributed by atoms with Gasteiger partial charge in [0.15, 0.2) is 17.0 Å². The summed E-state index contributed by atoms with van der Waals surface area (Å²) in [6.07, 6.45) is 0.650. The van der Waals surface area contributed by atoms with E-state index >= 15 is 0 Å². The molecule has 1 unspecified atom stereocenters. The van der Waals surface area contributed by atoms with Crippen LogP contribution in [0.2, 0.25) is 5.22 Å². The Bertz CT molecular complexity index is 677. The molecule has 0 spiro atoms. The zero-order chi connectivity index (χ0) is 14.3. The predicted octanol–water partition coefficient (Wildman–Crippen LogP) is 2.82. The number of aliphatic carboxylic acids is 1. The molecular formula is C13H10ClNO4S. The summed E-state index contributed by atoms with van der Waals surface area (Å²) in [4.78, 5) is 26.2. The maximum absolute atomic E-state index is 12.4. The van der Waals surface area contributed by atoms with E-state index in [0.717, 1.165) is 4.88 Å². The quantitative estimate of drug-likeness (QED) is 0.925. The van der Waals surface area contributed by atoms with Crippen LogP contribution in [0, 0.1) is 0 Å². The minimum Gasteiger partial charge on any atom is -0.479 e. The van der Waals surface area contributed by atoms with Gasteiger partial charge in [-0.15, -0.1) is 11.3 Å². The van der Waals surface area contributed by atoms with Crippen molar-refractivity contribution in [2.45, 2.75) is 12.5 Å². The van der Waals surface area contributed by atoms with Gasteiger partial charge >= 0.3 is 5.97 Å². The number of halogens is 1. The molecule has 5 nitrogen and oxygen atoms in total. The molecule has 0 bridgehead atoms. The summed E-state index contributed by atoms with van der Waals surface area (Å²) < 4.78 is 5.08. The fourth-order valence-electron chi connectivity index (χ4n) is 2.37. The smallest absolute Gasteiger partial charge is 0.331 e. The van der Waals surface area contributed by atoms with Gasteiger partial charge in [0.05, 0.1) is 0 Å². The van der Waals surface area contributed by atoms with Gasteiger partial charge in [-0.3, -0.25) is 4.79 Å². The van der Waals surface area contributed by atoms with Crippen molar-refractivity contribution < 1.29 is 19.1 Å². The van der Waals surface area contributed by atoms with Crippen LogP contribution in [0.15, 0.2) is 28.0 Å². The molecular weight excluding hydrogens is 302 g/mol. The molecule has 1 atom stereocenters. The normalized spacial score (nSPS) is 17.9. The fourth-order valence-corrected chi connectivity index (χ4v) is 3.42. The van der Waals surface area contributed by atoms with E-state index in [1.165, 1.54) is 28.4 Å². The molecule has 1 N–H and O–H groups in total. The minimum atomic E-state index is -1.05. The first-order chi connectivity index (χ1) is 9.58. The molecule has 2 aromatic rings. The SMILES string of the molecule is O=C(O)C1c2ccsc2CCN1C(=O)c1ccc(Cl)o1. The van der Waals surface area contributed by atoms with E-state index < -0.39 is 17.9 Å². The number of hydrogen-bond acceptors (Lipinski definition) is 4. The average Bonchev–Trinajstić information content (AvgIpc) is 3.04. The molecule has 20 heavy (non-hydrogen) atoms. The first-order valence-corrected chi connectivity index (χ1v) is 7.19. The lowest BCUT2D eigenvalue weighted by atomic mass is 10.00. The monoisotopic (exact) mass is 311 g/mol. The number of furan rings is 1. The summed E-state index contributed by atoms with van der Waals surface area (Å²) in [5.41, 5.74) is 0.680. The van der Waals surface area contributed by atoms with Crippen LogP contribution >= 0.6 is 22.9 Å². The van der Waals surface area contributed by atoms with Crippen molar-refractivity contribution >= 4 is 34.8 Å². The molecule has 2 aromatic heterocycles. The number of carboxylic acids is 1. The van der Waals surface area contributed by atoms with Gasteiger partial charge in [0.2, 0.25) is 0 Å². The Labute approximate surface area is 123 Å². The Morgan fingerprint density at radius 3 is 2.85 bits per heavy atom. The first kappa shape index (κ1) is 13.2. The third-order valence-electron chi connectivity index (χ3n) is 3.24. The number of carbonyl (C=O) groups excluding carboxylic acids is 1. The van der Waals surface area contributed by atoms with Crippen LogP contribution in [-0.4, -0.2) is 28.4 Å². The Morgan fingerprint density at radius 1 is 1.40 bits per heavy atom. The van der Waals surface area contributed by atoms with Crippen LogP contribution in [0.1, 0.15) is 27.0 Å². The summed E-state index contributed by atoms with van der Waals surface area (Å²) in [7, 11) is 0. The third-order valence-corrected chi connectivity index (χ3v) is 4.44. The minimum absolute atomic E-state index is 0.0555. The number of carboxylic acid groups (broad SMARTS) is 1. The van der Waals surface area contributed by atoms with Crippen molar-refractivity contribution in [2.24, 2.45) is 0 Å². The number of rotatable bonds is 2. The summed E-state index contributed by atoms with van der Waals surface area (Å²) >= 11 is 7.17. The van der Waals surface area contributed by atoms with Gasteiger partial charge in [-0.2, -0.15) is 0 Å². The molecule has 3 rings (SSSR count). The molecule has 0 fully saturated rings. The van der Waals surface area contributed by atoms with Gasteiger partial charge in [-0.25, -0.2) is 4.79 Å². The zero-order valence-electron chi connectivity index (χ0n) is 10.2. The number of thiophene rings is 1. The van der Waals surface area contributed by atoms with Gasteiger partial charge in [-0.1, -0.05) is 0 Å². The largest absolute Gasteiger partial charge is 0.479 e. The van der Waals surface area contributed by atoms with Crippen molar-refractivity contribution in [3.8, 4) is 0 Å². The van der Waals surface area contributed by atoms with Gasteiger partial charge < -0.3 is 14.4 Å². The van der Waals surface area contributed by atoms with Crippen LogP contribution in [0.5, 0.6) is 0 Å². The van der Waals surface area contributed by atoms with Crippen molar-refractivity contribution in [1.82, 2.24) is 4.90 Å². The fraction of sp³-hybridized carbons (Fsp3) is 0.231. The van der Waals surface area contributed by atoms with E-state index in [2.05, 4.69) is 0 Å². The van der Waals surface area contributed by atoms with E-state index in [0.29, 0.717) is 18.5 Å². The van der Waals surface area contributed by atoms with Crippen molar-refractivity contribution in [1.29, 1.82) is 0 Å². The highest BCUT2D eigenvalue weighted by Crippen LogP contribution is 2.34. The Morgan fingerprint density at radius 2 is 2.20 bits per heavy atom. The lowest BCUT2D eigenvalue weighted by Crippen LogP contribution is -2.42. The standard InChI is InChI=1S/C13H10ClNO4S/c14-10-2-1-8(19-10)12(16)15-5-3-9-7(4-6-20-9)11(15)13(17)18/h1-2,4,6,11H,3,5H2,(H,17,18). The van der Waals surface area contributed by atoms with Gasteiger partial charge in [0, 0.05) is 11.4 Å². The Kier molecular flexibility index (Phi) is 3.27. The Hall–Kier alpha value is -1.79. The van der Waals surface area contributed by atoms with Crippen LogP contribution in [0.25, 0.3) is 0 Å². The number of carbonyl (C=O) groups is 2. The molecule has 0 aliphatic carbocycles. The zero-order valence-corrected chi connectivity index (χ0v) is 11.8. The van der Waals surface area contributed by atoms with Crippen LogP contribution < -0.4 is 0 Å². The van der Waals surface area contributed by atoms with E-state index in [4.69, 9.17) is 16.0 Å². The molecule has 0 saturated heterocycles. The second-order valence-corrected chi connectivity index (χ2v) is 5.77. The van der Waals surface area contributed by atoms with Crippen LogP contribution in [0.3, 0.4) is 0 Å². The first-order valence-electron chi connectivity index (χ1n) is 5.93. The van der Waals surface area contributed by atoms with Gasteiger partial charge in [0.25, 0.3) is 5.91 Å². The molecule has 1 aliphatic rings. The van der Waals surface area contributed by atoms with Crippen LogP contribution in [-0.2, 0) is 11.2 Å². The number of fused-ring (bicyclic) bond motifs is 1. The van der Waals surface area contributed by atoms with E-state index in [-0.39, 0.29) is 11.0 Å². The van der Waals surface area contributed by atoms with Gasteiger partial charge in [-0.05, 0) is 47.2 Å². The summed E-state index contributed by atoms with van der Waals surface area (Å²) in [5.74, 6) is -1.45. The maximum Gasteiger partial charge on any atom is 0.331 e. The second kappa shape index (κ2) is 4.96. The maximum atomic E-state index is 12.4. The summed E-state index contributed by atoms with van der Waals surface area (Å²) in [6, 6.07) is 3.70. The highest BCUT2D eigenvalue weighted by Gasteiger charge is 2.37. The molecule has 0 saturated carbocycles. The number of nitrogens with zero attached hydrogens (tertiary/aromatic N) is 1. The highest BCUT2D eigenvalue weighted by atomic mass is 35.5. The molecule has 0 radical (unpaired) electrons. The molecule has 1 aliphatic heterocycles. The molecule has 104 valence electrons. The summed E-state index contributed by atoms with van der Waals surface area (Å²) in [6.45, 7) is 0.349.